The predicted octanol–water partition coefficient (Wildman–Crippen LogP) is 4.32. The molecule has 3 aromatic rings. The number of methoxy groups -OCH3 is 1. The summed E-state index contributed by atoms with van der Waals surface area (Å²) in [4.78, 5) is 21.8. The van der Waals surface area contributed by atoms with Crippen LogP contribution in [0.4, 0.5) is 11.6 Å². The molecule has 0 N–H and O–H groups in total. The summed E-state index contributed by atoms with van der Waals surface area (Å²) in [5, 5.41) is 9.53. The number of nitriles is 1. The van der Waals surface area contributed by atoms with E-state index in [1.165, 1.54) is 17.4 Å². The summed E-state index contributed by atoms with van der Waals surface area (Å²) in [7, 11) is 1.65. The van der Waals surface area contributed by atoms with Crippen molar-refractivity contribution in [3.05, 3.63) is 47.3 Å². The van der Waals surface area contributed by atoms with Crippen molar-refractivity contribution in [1.82, 2.24) is 4.98 Å². The number of anilines is 2. The average Bonchev–Trinajstić information content (AvgIpc) is 3.54. The highest BCUT2D eigenvalue weighted by Crippen LogP contribution is 2.40. The summed E-state index contributed by atoms with van der Waals surface area (Å²) >= 11 is 0. The Hall–Kier alpha value is -3.73. The number of amides is 1. The van der Waals surface area contributed by atoms with E-state index in [9.17, 15) is 10.1 Å². The average molecular weight is 447 g/mol. The number of benzene rings is 1. The SMILES string of the molecule is COc1ccc(C)c2c1N(C(=O)C1CCN(c3oc(-c4ccco4)nc3C#N)CC1)CCC2. The fourth-order valence-corrected chi connectivity index (χ4v) is 4.89. The summed E-state index contributed by atoms with van der Waals surface area (Å²) in [6.45, 7) is 4.03. The monoisotopic (exact) mass is 446 g/mol. The van der Waals surface area contributed by atoms with E-state index in [0.29, 0.717) is 44.1 Å². The lowest BCUT2D eigenvalue weighted by Gasteiger charge is -2.37. The Kier molecular flexibility index (Phi) is 5.55. The number of furan rings is 1. The van der Waals surface area contributed by atoms with Crippen LogP contribution in [0.15, 0.2) is 39.4 Å². The van der Waals surface area contributed by atoms with Gasteiger partial charge in [-0.15, -0.1) is 0 Å². The molecular weight excluding hydrogens is 420 g/mol. The van der Waals surface area contributed by atoms with Crippen LogP contribution in [0.1, 0.15) is 36.1 Å². The van der Waals surface area contributed by atoms with E-state index in [4.69, 9.17) is 13.6 Å². The van der Waals surface area contributed by atoms with E-state index >= 15 is 0 Å². The molecule has 1 amide bonds. The molecule has 0 spiro atoms. The lowest BCUT2D eigenvalue weighted by atomic mass is 9.91. The standard InChI is InChI=1S/C25H26N4O4/c1-16-7-8-20(31-2)22-18(16)5-3-11-29(22)24(30)17-9-12-28(13-10-17)25-19(15-26)27-23(33-25)21-6-4-14-32-21/h4,6-8,14,17H,3,5,9-13H2,1-2H3. The van der Waals surface area contributed by atoms with Crippen LogP contribution in [0.5, 0.6) is 5.75 Å². The van der Waals surface area contributed by atoms with Gasteiger partial charge >= 0.3 is 0 Å². The molecule has 170 valence electrons. The third-order valence-electron chi connectivity index (χ3n) is 6.62. The van der Waals surface area contributed by atoms with Gasteiger partial charge in [0.15, 0.2) is 5.76 Å². The summed E-state index contributed by atoms with van der Waals surface area (Å²) in [6, 6.07) is 9.62. The van der Waals surface area contributed by atoms with Gasteiger partial charge in [0, 0.05) is 25.6 Å². The van der Waals surface area contributed by atoms with Gasteiger partial charge in [0.1, 0.15) is 11.8 Å². The van der Waals surface area contributed by atoms with Gasteiger partial charge in [0.2, 0.25) is 17.5 Å². The molecule has 2 aliphatic heterocycles. The van der Waals surface area contributed by atoms with E-state index in [-0.39, 0.29) is 23.4 Å². The molecule has 0 unspecified atom stereocenters. The van der Waals surface area contributed by atoms with Crippen LogP contribution < -0.4 is 14.5 Å². The number of nitrogens with zero attached hydrogens (tertiary/aromatic N) is 4. The van der Waals surface area contributed by atoms with Gasteiger partial charge in [-0.05, 0) is 61.9 Å². The Morgan fingerprint density at radius 3 is 2.76 bits per heavy atom. The molecule has 1 fully saturated rings. The number of aromatic nitrogens is 1. The Morgan fingerprint density at radius 2 is 2.06 bits per heavy atom. The first kappa shape index (κ1) is 21.1. The fourth-order valence-electron chi connectivity index (χ4n) is 4.89. The zero-order chi connectivity index (χ0) is 22.9. The Labute approximate surface area is 192 Å². The molecule has 1 aromatic carbocycles. The Morgan fingerprint density at radius 1 is 1.24 bits per heavy atom. The van der Waals surface area contributed by atoms with Crippen LogP contribution >= 0.6 is 0 Å². The van der Waals surface area contributed by atoms with Crippen molar-refractivity contribution in [3.8, 4) is 23.5 Å². The molecule has 0 radical (unpaired) electrons. The van der Waals surface area contributed by atoms with Crippen molar-refractivity contribution in [2.75, 3.05) is 36.5 Å². The van der Waals surface area contributed by atoms with Gasteiger partial charge in [-0.2, -0.15) is 10.2 Å². The smallest absolute Gasteiger partial charge is 0.266 e. The van der Waals surface area contributed by atoms with Gasteiger partial charge in [-0.1, -0.05) is 6.07 Å². The first-order valence-electron chi connectivity index (χ1n) is 11.3. The van der Waals surface area contributed by atoms with Crippen LogP contribution in [0.3, 0.4) is 0 Å². The number of aryl methyl sites for hydroxylation is 1. The molecule has 0 saturated carbocycles. The third-order valence-corrected chi connectivity index (χ3v) is 6.62. The zero-order valence-electron chi connectivity index (χ0n) is 18.8. The first-order valence-corrected chi connectivity index (χ1v) is 11.3. The van der Waals surface area contributed by atoms with E-state index in [1.54, 1.807) is 19.2 Å². The molecule has 33 heavy (non-hydrogen) atoms. The van der Waals surface area contributed by atoms with Gasteiger partial charge in [-0.3, -0.25) is 4.79 Å². The van der Waals surface area contributed by atoms with E-state index in [0.717, 1.165) is 24.3 Å². The number of fused-ring (bicyclic) bond motifs is 1. The van der Waals surface area contributed by atoms with E-state index in [1.807, 2.05) is 15.9 Å². The van der Waals surface area contributed by atoms with Crippen molar-refractivity contribution in [2.45, 2.75) is 32.6 Å². The highest BCUT2D eigenvalue weighted by Gasteiger charge is 2.35. The normalized spacial score (nSPS) is 16.4. The van der Waals surface area contributed by atoms with Gasteiger partial charge in [-0.25, -0.2) is 0 Å². The predicted molar refractivity (Wildman–Crippen MR) is 122 cm³/mol. The summed E-state index contributed by atoms with van der Waals surface area (Å²) in [5.74, 6) is 2.03. The molecule has 2 aliphatic rings. The molecular formula is C25H26N4O4. The first-order chi connectivity index (χ1) is 16.1. The quantitative estimate of drug-likeness (QED) is 0.589. The van der Waals surface area contributed by atoms with Crippen molar-refractivity contribution in [1.29, 1.82) is 5.26 Å². The largest absolute Gasteiger partial charge is 0.495 e. The number of hydrogen-bond donors (Lipinski definition) is 0. The second-order valence-electron chi connectivity index (χ2n) is 8.53. The summed E-state index contributed by atoms with van der Waals surface area (Å²) < 4.78 is 16.8. The summed E-state index contributed by atoms with van der Waals surface area (Å²) in [6.07, 6.45) is 4.81. The van der Waals surface area contributed by atoms with Crippen LogP contribution in [0.2, 0.25) is 0 Å². The maximum atomic E-state index is 13.6. The fraction of sp³-hybridized carbons (Fsp3) is 0.400. The minimum absolute atomic E-state index is 0.0876. The second kappa shape index (κ2) is 8.66. The molecule has 0 atom stereocenters. The third kappa shape index (κ3) is 3.74. The highest BCUT2D eigenvalue weighted by atomic mass is 16.5. The van der Waals surface area contributed by atoms with Crippen LogP contribution in [-0.4, -0.2) is 37.6 Å². The Bertz CT molecular complexity index is 1200. The second-order valence-corrected chi connectivity index (χ2v) is 8.53. The molecule has 2 aromatic heterocycles. The molecule has 4 heterocycles. The number of piperidine rings is 1. The number of hydrogen-bond acceptors (Lipinski definition) is 7. The van der Waals surface area contributed by atoms with Crippen molar-refractivity contribution >= 4 is 17.5 Å². The minimum atomic E-state index is -0.0876. The zero-order valence-corrected chi connectivity index (χ0v) is 18.8. The lowest BCUT2D eigenvalue weighted by molar-refractivity contribution is -0.123. The molecule has 0 aliphatic carbocycles. The van der Waals surface area contributed by atoms with E-state index in [2.05, 4.69) is 24.0 Å². The molecule has 8 heteroatoms. The molecule has 8 nitrogen and oxygen atoms in total. The van der Waals surface area contributed by atoms with Crippen molar-refractivity contribution < 1.29 is 18.4 Å². The van der Waals surface area contributed by atoms with Gasteiger partial charge in [0.25, 0.3) is 5.89 Å². The molecule has 1 saturated heterocycles. The highest BCUT2D eigenvalue weighted by molar-refractivity contribution is 5.98. The minimum Gasteiger partial charge on any atom is -0.495 e. The number of ether oxygens (including phenoxy) is 1. The topological polar surface area (TPSA) is 95.7 Å². The maximum Gasteiger partial charge on any atom is 0.266 e. The summed E-state index contributed by atoms with van der Waals surface area (Å²) in [5.41, 5.74) is 3.56. The van der Waals surface area contributed by atoms with Gasteiger partial charge in [0.05, 0.1) is 19.1 Å². The van der Waals surface area contributed by atoms with Crippen LogP contribution in [-0.2, 0) is 11.2 Å². The van der Waals surface area contributed by atoms with Crippen molar-refractivity contribution in [3.63, 3.8) is 0 Å². The number of carbonyl (C=O) groups is 1. The van der Waals surface area contributed by atoms with Crippen LogP contribution in [0, 0.1) is 24.2 Å². The Balaban J connectivity index is 1.33. The number of oxazole rings is 1. The molecule has 0 bridgehead atoms. The molecule has 5 rings (SSSR count). The lowest BCUT2D eigenvalue weighted by Crippen LogP contribution is -2.44. The van der Waals surface area contributed by atoms with Crippen molar-refractivity contribution in [2.24, 2.45) is 5.92 Å². The van der Waals surface area contributed by atoms with Gasteiger partial charge < -0.3 is 23.4 Å². The number of rotatable bonds is 4. The maximum absolute atomic E-state index is 13.6. The number of carbonyl (C=O) groups excluding carboxylic acids is 1. The van der Waals surface area contributed by atoms with E-state index < -0.39 is 0 Å². The van der Waals surface area contributed by atoms with Crippen LogP contribution in [0.25, 0.3) is 11.7 Å².